The summed E-state index contributed by atoms with van der Waals surface area (Å²) in [6.45, 7) is 0.813. The molecular weight excluding hydrogens is 468 g/mol. The number of fused-ring (bicyclic) bond motifs is 1. The standard InChI is InChI=1S/C23H24ClNO5.HNO3/c1-25-9-8-14(16(25)12-26)21-19(28-2)11-20(29-3)22-17(27)10-18(30-23(21)22)13-6-4-5-7-15(13)24;2-1(3)4/h4-7,10-11,14,16,26H,8-9,12H2,1-3H3;(H,2,3,4). The van der Waals surface area contributed by atoms with Crippen LogP contribution in [0.25, 0.3) is 22.3 Å². The van der Waals surface area contributed by atoms with E-state index in [1.165, 1.54) is 13.2 Å². The van der Waals surface area contributed by atoms with Gasteiger partial charge in [0.25, 0.3) is 5.09 Å². The molecule has 1 saturated heterocycles. The van der Waals surface area contributed by atoms with Crippen LogP contribution in [0.3, 0.4) is 0 Å². The molecule has 2 N–H and O–H groups in total. The van der Waals surface area contributed by atoms with Crippen molar-refractivity contribution in [2.45, 2.75) is 18.4 Å². The highest BCUT2D eigenvalue weighted by atomic mass is 35.5. The molecule has 0 saturated carbocycles. The summed E-state index contributed by atoms with van der Waals surface area (Å²) < 4.78 is 17.5. The number of aliphatic hydroxyl groups excluding tert-OH is 1. The SMILES string of the molecule is COc1cc(OC)c2c(=O)cc(-c3ccccc3Cl)oc2c1C1CCN(C)C1CO.O=[N+]([O-])O. The largest absolute Gasteiger partial charge is 0.496 e. The van der Waals surface area contributed by atoms with Crippen LogP contribution >= 0.6 is 11.6 Å². The number of ether oxygens (including phenoxy) is 2. The Morgan fingerprint density at radius 2 is 1.88 bits per heavy atom. The van der Waals surface area contributed by atoms with E-state index in [-0.39, 0.29) is 24.0 Å². The minimum Gasteiger partial charge on any atom is -0.496 e. The molecular formula is C23H25ClN2O8. The van der Waals surface area contributed by atoms with Crippen molar-refractivity contribution in [2.24, 2.45) is 0 Å². The Morgan fingerprint density at radius 3 is 2.47 bits per heavy atom. The fraction of sp³-hybridized carbons (Fsp3) is 0.348. The van der Waals surface area contributed by atoms with Crippen molar-refractivity contribution in [3.63, 3.8) is 0 Å². The molecule has 0 aliphatic carbocycles. The van der Waals surface area contributed by atoms with Crippen molar-refractivity contribution in [3.05, 3.63) is 67.3 Å². The summed E-state index contributed by atoms with van der Waals surface area (Å²) in [4.78, 5) is 23.6. The maximum absolute atomic E-state index is 13.2. The molecule has 182 valence electrons. The van der Waals surface area contributed by atoms with Gasteiger partial charge in [-0.3, -0.25) is 4.79 Å². The van der Waals surface area contributed by atoms with E-state index in [9.17, 15) is 9.90 Å². The highest BCUT2D eigenvalue weighted by Crippen LogP contribution is 2.45. The predicted molar refractivity (Wildman–Crippen MR) is 126 cm³/mol. The lowest BCUT2D eigenvalue weighted by Crippen LogP contribution is -2.32. The number of hydrogen-bond acceptors (Lipinski definition) is 8. The third kappa shape index (κ3) is 4.93. The van der Waals surface area contributed by atoms with Crippen LogP contribution in [0.5, 0.6) is 11.5 Å². The van der Waals surface area contributed by atoms with Gasteiger partial charge in [-0.25, -0.2) is 0 Å². The molecule has 0 radical (unpaired) electrons. The number of methoxy groups -OCH3 is 2. The van der Waals surface area contributed by atoms with Crippen LogP contribution in [-0.2, 0) is 0 Å². The van der Waals surface area contributed by atoms with Gasteiger partial charge in [-0.2, -0.15) is 0 Å². The third-order valence-electron chi connectivity index (χ3n) is 5.93. The van der Waals surface area contributed by atoms with Crippen molar-refractivity contribution in [2.75, 3.05) is 34.4 Å². The first kappa shape index (κ1) is 25.3. The number of likely N-dealkylation sites (N-methyl/N-ethyl adjacent to an activating group) is 1. The molecule has 3 aromatic rings. The quantitative estimate of drug-likeness (QED) is 0.404. The van der Waals surface area contributed by atoms with Crippen LogP contribution in [0.15, 0.2) is 45.6 Å². The second-order valence-electron chi connectivity index (χ2n) is 7.72. The average Bonchev–Trinajstić information content (AvgIpc) is 3.17. The van der Waals surface area contributed by atoms with Gasteiger partial charge in [0.2, 0.25) is 0 Å². The molecule has 10 nitrogen and oxygen atoms in total. The van der Waals surface area contributed by atoms with Crippen molar-refractivity contribution in [1.29, 1.82) is 0 Å². The molecule has 1 aromatic heterocycles. The van der Waals surface area contributed by atoms with Gasteiger partial charge in [-0.1, -0.05) is 23.7 Å². The van der Waals surface area contributed by atoms with E-state index in [2.05, 4.69) is 4.90 Å². The molecule has 2 heterocycles. The van der Waals surface area contributed by atoms with E-state index in [0.29, 0.717) is 38.8 Å². The zero-order valence-corrected chi connectivity index (χ0v) is 19.6. The van der Waals surface area contributed by atoms with Crippen LogP contribution in [0.1, 0.15) is 17.9 Å². The Morgan fingerprint density at radius 1 is 1.24 bits per heavy atom. The first-order chi connectivity index (χ1) is 16.2. The van der Waals surface area contributed by atoms with Gasteiger partial charge in [-0.15, -0.1) is 10.1 Å². The molecule has 1 aliphatic rings. The summed E-state index contributed by atoms with van der Waals surface area (Å²) >= 11 is 6.36. The molecule has 0 amide bonds. The maximum atomic E-state index is 13.2. The molecule has 1 fully saturated rings. The topological polar surface area (TPSA) is 136 Å². The second-order valence-corrected chi connectivity index (χ2v) is 8.12. The Hall–Kier alpha value is -3.34. The van der Waals surface area contributed by atoms with Crippen molar-refractivity contribution in [1.82, 2.24) is 4.90 Å². The van der Waals surface area contributed by atoms with Gasteiger partial charge in [0, 0.05) is 35.2 Å². The number of likely N-dealkylation sites (tertiary alicyclic amines) is 1. The lowest BCUT2D eigenvalue weighted by molar-refractivity contribution is -0.742. The van der Waals surface area contributed by atoms with Crippen LogP contribution in [0.2, 0.25) is 5.02 Å². The van der Waals surface area contributed by atoms with Gasteiger partial charge in [0.1, 0.15) is 28.2 Å². The molecule has 34 heavy (non-hydrogen) atoms. The molecule has 2 atom stereocenters. The van der Waals surface area contributed by atoms with E-state index >= 15 is 0 Å². The number of hydrogen-bond donors (Lipinski definition) is 2. The number of halogens is 1. The Kier molecular flexibility index (Phi) is 7.98. The fourth-order valence-corrected chi connectivity index (χ4v) is 4.61. The van der Waals surface area contributed by atoms with Crippen LogP contribution in [0.4, 0.5) is 0 Å². The van der Waals surface area contributed by atoms with Gasteiger partial charge in [0.05, 0.1) is 25.8 Å². The van der Waals surface area contributed by atoms with E-state index in [0.717, 1.165) is 18.5 Å². The smallest absolute Gasteiger partial charge is 0.291 e. The van der Waals surface area contributed by atoms with Gasteiger partial charge in [-0.05, 0) is 32.1 Å². The van der Waals surface area contributed by atoms with Crippen molar-refractivity contribution in [3.8, 4) is 22.8 Å². The molecule has 11 heteroatoms. The number of benzene rings is 2. The average molecular weight is 493 g/mol. The van der Waals surface area contributed by atoms with Crippen LogP contribution in [0, 0.1) is 10.1 Å². The Labute approximate surface area is 200 Å². The van der Waals surface area contributed by atoms with Crippen LogP contribution < -0.4 is 14.9 Å². The molecule has 1 aliphatic heterocycles. The summed E-state index contributed by atoms with van der Waals surface area (Å²) in [5.74, 6) is 1.27. The fourth-order valence-electron chi connectivity index (χ4n) is 4.38. The summed E-state index contributed by atoms with van der Waals surface area (Å²) in [7, 11) is 5.06. The first-order valence-corrected chi connectivity index (χ1v) is 10.7. The molecule has 0 bridgehead atoms. The van der Waals surface area contributed by atoms with E-state index in [4.69, 9.17) is 40.8 Å². The van der Waals surface area contributed by atoms with Crippen molar-refractivity contribution < 1.29 is 29.3 Å². The van der Waals surface area contributed by atoms with E-state index in [1.807, 2.05) is 25.2 Å². The molecule has 4 rings (SSSR count). The van der Waals surface area contributed by atoms with E-state index in [1.54, 1.807) is 19.2 Å². The number of nitrogens with zero attached hydrogens (tertiary/aromatic N) is 2. The first-order valence-electron chi connectivity index (χ1n) is 10.3. The highest BCUT2D eigenvalue weighted by molar-refractivity contribution is 6.33. The minimum atomic E-state index is -1.50. The summed E-state index contributed by atoms with van der Waals surface area (Å²) in [6, 6.07) is 10.3. The Bertz CT molecular complexity index is 1240. The van der Waals surface area contributed by atoms with Gasteiger partial charge < -0.3 is 29.1 Å². The maximum Gasteiger partial charge on any atom is 0.291 e. The lowest BCUT2D eigenvalue weighted by atomic mass is 9.89. The van der Waals surface area contributed by atoms with Gasteiger partial charge >= 0.3 is 0 Å². The monoisotopic (exact) mass is 492 g/mol. The van der Waals surface area contributed by atoms with Crippen LogP contribution in [-0.4, -0.2) is 60.8 Å². The zero-order chi connectivity index (χ0) is 25.0. The van der Waals surface area contributed by atoms with Gasteiger partial charge in [0.15, 0.2) is 5.43 Å². The molecule has 2 aromatic carbocycles. The summed E-state index contributed by atoms with van der Waals surface area (Å²) in [5, 5.41) is 24.5. The summed E-state index contributed by atoms with van der Waals surface area (Å²) in [5.41, 5.74) is 1.59. The minimum absolute atomic E-state index is 0.00766. The molecule has 0 spiro atoms. The van der Waals surface area contributed by atoms with E-state index < -0.39 is 5.09 Å². The zero-order valence-electron chi connectivity index (χ0n) is 18.9. The lowest BCUT2D eigenvalue weighted by Gasteiger charge is -2.25. The number of rotatable bonds is 5. The Balaban J connectivity index is 0.000000751. The highest BCUT2D eigenvalue weighted by Gasteiger charge is 2.37. The summed E-state index contributed by atoms with van der Waals surface area (Å²) in [6.07, 6.45) is 0.805. The number of aliphatic hydroxyl groups is 1. The normalized spacial score (nSPS) is 17.8. The third-order valence-corrected chi connectivity index (χ3v) is 6.26. The van der Waals surface area contributed by atoms with Crippen molar-refractivity contribution >= 4 is 22.6 Å². The predicted octanol–water partition coefficient (Wildman–Crippen LogP) is 3.56. The molecule has 2 unspecified atom stereocenters. The second kappa shape index (κ2) is 10.7.